The minimum atomic E-state index is -2.81. The standard InChI is InChI=1S/C21H20F3N5O/c22-14-5-3-13(4-6-14)17-10-18(19(23)24)29-20(26-17)16(11-25-29)21(30)28-9-8-27-7-1-2-15(27)12-28/h3-6,10-11,15,19H,1-2,7-9,12H2. The van der Waals surface area contributed by atoms with Crippen LogP contribution in [0.5, 0.6) is 0 Å². The number of piperazine rings is 1. The van der Waals surface area contributed by atoms with Gasteiger partial charge in [-0.2, -0.15) is 5.10 Å². The summed E-state index contributed by atoms with van der Waals surface area (Å²) >= 11 is 0. The molecule has 5 rings (SSSR count). The van der Waals surface area contributed by atoms with Crippen molar-refractivity contribution in [2.24, 2.45) is 0 Å². The van der Waals surface area contributed by atoms with E-state index in [9.17, 15) is 18.0 Å². The summed E-state index contributed by atoms with van der Waals surface area (Å²) in [7, 11) is 0. The molecule has 0 saturated carbocycles. The molecule has 1 aromatic carbocycles. The van der Waals surface area contributed by atoms with Crippen molar-refractivity contribution in [2.45, 2.75) is 25.3 Å². The molecule has 2 aromatic heterocycles. The molecule has 2 aliphatic rings. The van der Waals surface area contributed by atoms with Gasteiger partial charge in [-0.3, -0.25) is 9.69 Å². The van der Waals surface area contributed by atoms with Gasteiger partial charge in [0.1, 0.15) is 17.1 Å². The van der Waals surface area contributed by atoms with E-state index in [1.165, 1.54) is 36.5 Å². The van der Waals surface area contributed by atoms with Crippen molar-refractivity contribution in [3.05, 3.63) is 53.6 Å². The first-order valence-electron chi connectivity index (χ1n) is 9.97. The van der Waals surface area contributed by atoms with Gasteiger partial charge >= 0.3 is 0 Å². The fraction of sp³-hybridized carbons (Fsp3) is 0.381. The van der Waals surface area contributed by atoms with Crippen LogP contribution in [0.1, 0.15) is 35.3 Å². The third-order valence-electron chi connectivity index (χ3n) is 5.97. The molecular weight excluding hydrogens is 395 g/mol. The van der Waals surface area contributed by atoms with Crippen molar-refractivity contribution < 1.29 is 18.0 Å². The van der Waals surface area contributed by atoms with Crippen molar-refractivity contribution in [1.82, 2.24) is 24.4 Å². The highest BCUT2D eigenvalue weighted by Crippen LogP contribution is 2.28. The van der Waals surface area contributed by atoms with Gasteiger partial charge in [0, 0.05) is 31.2 Å². The van der Waals surface area contributed by atoms with Gasteiger partial charge in [-0.25, -0.2) is 22.7 Å². The molecule has 4 heterocycles. The molecule has 3 aromatic rings. The lowest BCUT2D eigenvalue weighted by Crippen LogP contribution is -2.52. The SMILES string of the molecule is O=C(c1cnn2c(C(F)F)cc(-c3ccc(F)cc3)nc12)N1CCN2CCCC2C1. The van der Waals surface area contributed by atoms with Gasteiger partial charge in [0.05, 0.1) is 11.9 Å². The second-order valence-electron chi connectivity index (χ2n) is 7.75. The highest BCUT2D eigenvalue weighted by molar-refractivity contribution is 6.00. The summed E-state index contributed by atoms with van der Waals surface area (Å²) in [6.45, 7) is 3.08. The number of carbonyl (C=O) groups excluding carboxylic acids is 1. The fourth-order valence-corrected chi connectivity index (χ4v) is 4.41. The van der Waals surface area contributed by atoms with Crippen molar-refractivity contribution in [3.63, 3.8) is 0 Å². The Labute approximate surface area is 170 Å². The molecule has 0 bridgehead atoms. The van der Waals surface area contributed by atoms with Crippen molar-refractivity contribution >= 4 is 11.6 Å². The smallest absolute Gasteiger partial charge is 0.280 e. The van der Waals surface area contributed by atoms with Gasteiger partial charge in [0.2, 0.25) is 0 Å². The zero-order chi connectivity index (χ0) is 20.8. The molecule has 2 saturated heterocycles. The molecule has 1 atom stereocenters. The summed E-state index contributed by atoms with van der Waals surface area (Å²) in [6, 6.07) is 7.01. The average Bonchev–Trinajstić information content (AvgIpc) is 3.39. The minimum Gasteiger partial charge on any atom is -0.336 e. The lowest BCUT2D eigenvalue weighted by atomic mass is 10.1. The Morgan fingerprint density at radius 3 is 2.70 bits per heavy atom. The Hall–Kier alpha value is -2.94. The molecule has 30 heavy (non-hydrogen) atoms. The van der Waals surface area contributed by atoms with E-state index >= 15 is 0 Å². The van der Waals surface area contributed by atoms with Crippen molar-refractivity contribution in [2.75, 3.05) is 26.2 Å². The van der Waals surface area contributed by atoms with Gasteiger partial charge in [0.15, 0.2) is 5.65 Å². The zero-order valence-corrected chi connectivity index (χ0v) is 16.1. The monoisotopic (exact) mass is 415 g/mol. The Balaban J connectivity index is 1.55. The van der Waals surface area contributed by atoms with E-state index < -0.39 is 12.2 Å². The highest BCUT2D eigenvalue weighted by Gasteiger charge is 2.34. The van der Waals surface area contributed by atoms with Crippen LogP contribution in [0, 0.1) is 5.82 Å². The molecule has 0 aliphatic carbocycles. The van der Waals surface area contributed by atoms with E-state index in [0.717, 1.165) is 30.4 Å². The Morgan fingerprint density at radius 2 is 1.93 bits per heavy atom. The molecule has 9 heteroatoms. The number of carbonyl (C=O) groups is 1. The van der Waals surface area contributed by atoms with Crippen LogP contribution in [0.2, 0.25) is 0 Å². The van der Waals surface area contributed by atoms with E-state index in [2.05, 4.69) is 15.0 Å². The molecule has 2 fully saturated rings. The van der Waals surface area contributed by atoms with Crippen molar-refractivity contribution in [1.29, 1.82) is 0 Å². The molecule has 2 aliphatic heterocycles. The van der Waals surface area contributed by atoms with Crippen LogP contribution >= 0.6 is 0 Å². The summed E-state index contributed by atoms with van der Waals surface area (Å²) in [6.07, 6.45) is 0.691. The summed E-state index contributed by atoms with van der Waals surface area (Å²) in [4.78, 5) is 21.8. The second-order valence-corrected chi connectivity index (χ2v) is 7.75. The van der Waals surface area contributed by atoms with Crippen LogP contribution < -0.4 is 0 Å². The summed E-state index contributed by atoms with van der Waals surface area (Å²) in [5, 5.41) is 4.03. The van der Waals surface area contributed by atoms with Gasteiger partial charge in [-0.15, -0.1) is 0 Å². The van der Waals surface area contributed by atoms with Gasteiger partial charge in [-0.05, 0) is 49.7 Å². The molecule has 1 unspecified atom stereocenters. The number of nitrogens with zero attached hydrogens (tertiary/aromatic N) is 5. The van der Waals surface area contributed by atoms with Crippen LogP contribution in [-0.4, -0.2) is 62.5 Å². The predicted molar refractivity (Wildman–Crippen MR) is 104 cm³/mol. The Kier molecular flexibility index (Phi) is 4.69. The summed E-state index contributed by atoms with van der Waals surface area (Å²) < 4.78 is 41.7. The Morgan fingerprint density at radius 1 is 1.13 bits per heavy atom. The first-order valence-corrected chi connectivity index (χ1v) is 9.97. The van der Waals surface area contributed by atoms with E-state index in [1.807, 2.05) is 0 Å². The minimum absolute atomic E-state index is 0.0889. The van der Waals surface area contributed by atoms with Crippen LogP contribution in [-0.2, 0) is 0 Å². The van der Waals surface area contributed by atoms with Gasteiger partial charge in [-0.1, -0.05) is 0 Å². The van der Waals surface area contributed by atoms with E-state index in [1.54, 1.807) is 4.90 Å². The topological polar surface area (TPSA) is 53.7 Å². The number of rotatable bonds is 3. The molecule has 6 nitrogen and oxygen atoms in total. The largest absolute Gasteiger partial charge is 0.336 e. The third-order valence-corrected chi connectivity index (χ3v) is 5.97. The Bertz CT molecular complexity index is 1100. The number of hydrogen-bond acceptors (Lipinski definition) is 4. The first kappa shape index (κ1) is 19.0. The molecule has 156 valence electrons. The van der Waals surface area contributed by atoms with Crippen LogP contribution in [0.4, 0.5) is 13.2 Å². The number of amides is 1. The predicted octanol–water partition coefficient (Wildman–Crippen LogP) is 3.39. The number of benzene rings is 1. The quantitative estimate of drug-likeness (QED) is 0.658. The summed E-state index contributed by atoms with van der Waals surface area (Å²) in [5.74, 6) is -0.680. The summed E-state index contributed by atoms with van der Waals surface area (Å²) in [5.41, 5.74) is 0.658. The molecular formula is C21H20F3N5O. The molecule has 0 spiro atoms. The van der Waals surface area contributed by atoms with Crippen LogP contribution in [0.25, 0.3) is 16.9 Å². The fourth-order valence-electron chi connectivity index (χ4n) is 4.41. The lowest BCUT2D eigenvalue weighted by molar-refractivity contribution is 0.0573. The molecule has 0 N–H and O–H groups in total. The maximum Gasteiger partial charge on any atom is 0.280 e. The number of halogens is 3. The van der Waals surface area contributed by atoms with E-state index in [0.29, 0.717) is 24.7 Å². The normalized spacial score (nSPS) is 19.6. The van der Waals surface area contributed by atoms with E-state index in [4.69, 9.17) is 0 Å². The van der Waals surface area contributed by atoms with E-state index in [-0.39, 0.29) is 28.5 Å². The number of hydrogen-bond donors (Lipinski definition) is 0. The van der Waals surface area contributed by atoms with Crippen LogP contribution in [0.15, 0.2) is 36.5 Å². The van der Waals surface area contributed by atoms with Gasteiger partial charge in [0.25, 0.3) is 12.3 Å². The maximum atomic E-state index is 13.7. The maximum absolute atomic E-state index is 13.7. The van der Waals surface area contributed by atoms with Gasteiger partial charge < -0.3 is 4.90 Å². The molecule has 1 amide bonds. The number of alkyl halides is 2. The lowest BCUT2D eigenvalue weighted by Gasteiger charge is -2.37. The number of aromatic nitrogens is 3. The second kappa shape index (κ2) is 7.39. The van der Waals surface area contributed by atoms with Crippen LogP contribution in [0.3, 0.4) is 0 Å². The van der Waals surface area contributed by atoms with Crippen molar-refractivity contribution in [3.8, 4) is 11.3 Å². The average molecular weight is 415 g/mol. The highest BCUT2D eigenvalue weighted by atomic mass is 19.3. The first-order chi connectivity index (χ1) is 14.5. The number of fused-ring (bicyclic) bond motifs is 2. The molecule has 0 radical (unpaired) electrons. The third kappa shape index (κ3) is 3.23. The zero-order valence-electron chi connectivity index (χ0n) is 16.1.